The average Bonchev–Trinajstić information content (AvgIpc) is 3.34. The topological polar surface area (TPSA) is 58.4 Å². The van der Waals surface area contributed by atoms with Gasteiger partial charge in [0, 0.05) is 45.0 Å². The molecule has 136 valence electrons. The standard InChI is InChI=1S/C20H24N4O2/c1-22(13-15-4-2-5-18(12-15)24-11-3-10-21-24)20(26)16-6-9-19(25)23(14-16)17-7-8-17/h2-5,10-12,16-17H,6-9,13-14H2,1H3. The van der Waals surface area contributed by atoms with Gasteiger partial charge in [-0.3, -0.25) is 9.59 Å². The van der Waals surface area contributed by atoms with Gasteiger partial charge in [-0.2, -0.15) is 5.10 Å². The predicted molar refractivity (Wildman–Crippen MR) is 97.5 cm³/mol. The summed E-state index contributed by atoms with van der Waals surface area (Å²) in [4.78, 5) is 28.6. The zero-order valence-electron chi connectivity index (χ0n) is 15.0. The van der Waals surface area contributed by atoms with Crippen LogP contribution in [-0.4, -0.2) is 51.0 Å². The van der Waals surface area contributed by atoms with E-state index in [9.17, 15) is 9.59 Å². The van der Waals surface area contributed by atoms with Gasteiger partial charge in [-0.15, -0.1) is 0 Å². The summed E-state index contributed by atoms with van der Waals surface area (Å²) < 4.78 is 1.81. The molecule has 1 saturated carbocycles. The van der Waals surface area contributed by atoms with Gasteiger partial charge < -0.3 is 9.80 Å². The van der Waals surface area contributed by atoms with Crippen LogP contribution >= 0.6 is 0 Å². The Balaban J connectivity index is 1.41. The molecule has 1 aromatic heterocycles. The summed E-state index contributed by atoms with van der Waals surface area (Å²) in [6, 6.07) is 10.3. The molecular weight excluding hydrogens is 328 g/mol. The number of hydrogen-bond donors (Lipinski definition) is 0. The smallest absolute Gasteiger partial charge is 0.227 e. The lowest BCUT2D eigenvalue weighted by molar-refractivity contribution is -0.143. The first-order valence-corrected chi connectivity index (χ1v) is 9.25. The van der Waals surface area contributed by atoms with Crippen molar-refractivity contribution in [2.75, 3.05) is 13.6 Å². The number of rotatable bonds is 5. The van der Waals surface area contributed by atoms with Gasteiger partial charge in [-0.25, -0.2) is 4.68 Å². The highest BCUT2D eigenvalue weighted by Crippen LogP contribution is 2.32. The van der Waals surface area contributed by atoms with E-state index >= 15 is 0 Å². The summed E-state index contributed by atoms with van der Waals surface area (Å²) in [5.74, 6) is 0.270. The summed E-state index contributed by atoms with van der Waals surface area (Å²) in [5.41, 5.74) is 2.05. The molecule has 26 heavy (non-hydrogen) atoms. The van der Waals surface area contributed by atoms with Crippen LogP contribution in [-0.2, 0) is 16.1 Å². The summed E-state index contributed by atoms with van der Waals surface area (Å²) in [7, 11) is 1.85. The Kier molecular flexibility index (Phi) is 4.49. The van der Waals surface area contributed by atoms with Gasteiger partial charge in [0.25, 0.3) is 0 Å². The third kappa shape index (κ3) is 3.49. The highest BCUT2D eigenvalue weighted by Gasteiger charge is 2.39. The van der Waals surface area contributed by atoms with Crippen molar-refractivity contribution in [2.45, 2.75) is 38.3 Å². The molecule has 1 aliphatic carbocycles. The summed E-state index contributed by atoms with van der Waals surface area (Å²) in [6.45, 7) is 1.14. The molecule has 4 rings (SSSR count). The van der Waals surface area contributed by atoms with Crippen LogP contribution < -0.4 is 0 Å². The molecule has 1 aromatic carbocycles. The lowest BCUT2D eigenvalue weighted by Crippen LogP contribution is -2.46. The van der Waals surface area contributed by atoms with Crippen LogP contribution in [0.3, 0.4) is 0 Å². The van der Waals surface area contributed by atoms with Crippen molar-refractivity contribution in [1.82, 2.24) is 19.6 Å². The number of hydrogen-bond acceptors (Lipinski definition) is 3. The van der Waals surface area contributed by atoms with Gasteiger partial charge in [0.15, 0.2) is 0 Å². The van der Waals surface area contributed by atoms with E-state index in [1.165, 1.54) is 0 Å². The van der Waals surface area contributed by atoms with E-state index in [1.54, 1.807) is 11.1 Å². The molecule has 1 atom stereocenters. The van der Waals surface area contributed by atoms with Crippen LogP contribution in [0.2, 0.25) is 0 Å². The van der Waals surface area contributed by atoms with Crippen molar-refractivity contribution in [3.8, 4) is 5.69 Å². The third-order valence-corrected chi connectivity index (χ3v) is 5.26. The fourth-order valence-electron chi connectivity index (χ4n) is 3.69. The minimum absolute atomic E-state index is 0.0763. The zero-order chi connectivity index (χ0) is 18.1. The first-order valence-electron chi connectivity index (χ1n) is 9.25. The first-order chi connectivity index (χ1) is 12.6. The lowest BCUT2D eigenvalue weighted by Gasteiger charge is -2.34. The van der Waals surface area contributed by atoms with Gasteiger partial charge in [0.1, 0.15) is 0 Å². The molecule has 0 bridgehead atoms. The second-order valence-corrected chi connectivity index (χ2v) is 7.33. The second-order valence-electron chi connectivity index (χ2n) is 7.33. The predicted octanol–water partition coefficient (Wildman–Crippen LogP) is 2.23. The van der Waals surface area contributed by atoms with Gasteiger partial charge in [0.2, 0.25) is 11.8 Å². The van der Waals surface area contributed by atoms with E-state index < -0.39 is 0 Å². The third-order valence-electron chi connectivity index (χ3n) is 5.26. The van der Waals surface area contributed by atoms with E-state index in [-0.39, 0.29) is 17.7 Å². The minimum Gasteiger partial charge on any atom is -0.341 e. The van der Waals surface area contributed by atoms with E-state index in [0.29, 0.717) is 32.0 Å². The van der Waals surface area contributed by atoms with Crippen molar-refractivity contribution in [2.24, 2.45) is 5.92 Å². The quantitative estimate of drug-likeness (QED) is 0.829. The monoisotopic (exact) mass is 352 g/mol. The minimum atomic E-state index is -0.0763. The lowest BCUT2D eigenvalue weighted by atomic mass is 9.95. The van der Waals surface area contributed by atoms with E-state index in [2.05, 4.69) is 11.2 Å². The molecule has 2 aromatic rings. The van der Waals surface area contributed by atoms with Crippen molar-refractivity contribution >= 4 is 11.8 Å². The summed E-state index contributed by atoms with van der Waals surface area (Å²) in [6.07, 6.45) is 6.98. The van der Waals surface area contributed by atoms with Crippen LogP contribution in [0.1, 0.15) is 31.2 Å². The molecule has 2 heterocycles. The van der Waals surface area contributed by atoms with Crippen LogP contribution in [0.15, 0.2) is 42.7 Å². The molecule has 6 nitrogen and oxygen atoms in total. The maximum atomic E-state index is 12.9. The van der Waals surface area contributed by atoms with Crippen molar-refractivity contribution in [1.29, 1.82) is 0 Å². The Morgan fingerprint density at radius 3 is 2.85 bits per heavy atom. The van der Waals surface area contributed by atoms with Crippen LogP contribution in [0.4, 0.5) is 0 Å². The highest BCUT2D eigenvalue weighted by atomic mass is 16.2. The normalized spacial score (nSPS) is 20.3. The van der Waals surface area contributed by atoms with Crippen molar-refractivity contribution in [3.63, 3.8) is 0 Å². The second kappa shape index (κ2) is 6.94. The summed E-state index contributed by atoms with van der Waals surface area (Å²) in [5, 5.41) is 4.25. The number of likely N-dealkylation sites (tertiary alicyclic amines) is 1. The Morgan fingerprint density at radius 1 is 1.27 bits per heavy atom. The maximum Gasteiger partial charge on any atom is 0.227 e. The highest BCUT2D eigenvalue weighted by molar-refractivity contribution is 5.84. The molecule has 0 radical (unpaired) electrons. The molecule has 1 unspecified atom stereocenters. The number of aromatic nitrogens is 2. The van der Waals surface area contributed by atoms with E-state index in [4.69, 9.17) is 0 Å². The van der Waals surface area contributed by atoms with Crippen molar-refractivity contribution < 1.29 is 9.59 Å². The first kappa shape index (κ1) is 16.8. The van der Waals surface area contributed by atoms with Gasteiger partial charge >= 0.3 is 0 Å². The molecule has 1 saturated heterocycles. The Bertz CT molecular complexity index is 798. The Hall–Kier alpha value is -2.63. The largest absolute Gasteiger partial charge is 0.341 e. The van der Waals surface area contributed by atoms with Gasteiger partial charge in [0.05, 0.1) is 11.6 Å². The Labute approximate surface area is 153 Å². The fourth-order valence-corrected chi connectivity index (χ4v) is 3.69. The van der Waals surface area contributed by atoms with Gasteiger partial charge in [-0.1, -0.05) is 12.1 Å². The molecule has 0 spiro atoms. The molecule has 0 N–H and O–H groups in total. The molecular formula is C20H24N4O2. The molecule has 1 aliphatic heterocycles. The average molecular weight is 352 g/mol. The number of piperidine rings is 1. The molecule has 2 fully saturated rings. The number of amides is 2. The Morgan fingerprint density at radius 2 is 2.12 bits per heavy atom. The zero-order valence-corrected chi connectivity index (χ0v) is 15.0. The molecule has 6 heteroatoms. The number of benzene rings is 1. The molecule has 2 amide bonds. The molecule has 2 aliphatic rings. The SMILES string of the molecule is CN(Cc1cccc(-n2cccn2)c1)C(=O)C1CCC(=O)N(C2CC2)C1. The van der Waals surface area contributed by atoms with Crippen LogP contribution in [0.5, 0.6) is 0 Å². The number of nitrogens with zero attached hydrogens (tertiary/aromatic N) is 4. The fraction of sp³-hybridized carbons (Fsp3) is 0.450. The van der Waals surface area contributed by atoms with Crippen molar-refractivity contribution in [3.05, 3.63) is 48.3 Å². The number of carbonyl (C=O) groups excluding carboxylic acids is 2. The van der Waals surface area contributed by atoms with Crippen LogP contribution in [0, 0.1) is 5.92 Å². The van der Waals surface area contributed by atoms with E-state index in [0.717, 1.165) is 24.1 Å². The number of carbonyl (C=O) groups is 2. The summed E-state index contributed by atoms with van der Waals surface area (Å²) >= 11 is 0. The van der Waals surface area contributed by atoms with Gasteiger partial charge in [-0.05, 0) is 43.0 Å². The van der Waals surface area contributed by atoms with E-state index in [1.807, 2.05) is 47.1 Å². The maximum absolute atomic E-state index is 12.9. The van der Waals surface area contributed by atoms with Crippen LogP contribution in [0.25, 0.3) is 5.69 Å².